The van der Waals surface area contributed by atoms with E-state index < -0.39 is 0 Å². The molecule has 3 aromatic heterocycles. The number of carbonyl (C=O) groups is 1. The number of aliphatic hydroxyl groups is 1. The maximum Gasteiger partial charge on any atom is 0.226 e. The third kappa shape index (κ3) is 4.10. The van der Waals surface area contributed by atoms with Crippen LogP contribution in [0.15, 0.2) is 36.4 Å². The van der Waals surface area contributed by atoms with Gasteiger partial charge in [-0.25, -0.2) is 9.50 Å². The molecule has 1 spiro atoms. The Morgan fingerprint density at radius 1 is 1.22 bits per heavy atom. The van der Waals surface area contributed by atoms with Crippen molar-refractivity contribution in [2.24, 2.45) is 11.3 Å². The number of anilines is 3. The van der Waals surface area contributed by atoms with Gasteiger partial charge in [-0.3, -0.25) is 4.79 Å². The van der Waals surface area contributed by atoms with E-state index in [0.29, 0.717) is 23.7 Å². The SMILES string of the molecule is CCc1nn2c(C)cc(N3CC4(CC4C(=O)N4CC(O)C4)C3)cc2c1N(C)c1nc(-c2ccc(C)cc2)c(C#N)s1. The average molecular weight is 568 g/mol. The molecule has 1 aliphatic carbocycles. The third-order valence-corrected chi connectivity index (χ3v) is 10.0. The van der Waals surface area contributed by atoms with Crippen LogP contribution in [0.25, 0.3) is 16.8 Å². The molecule has 9 nitrogen and oxygen atoms in total. The molecule has 3 fully saturated rings. The minimum atomic E-state index is -0.359. The van der Waals surface area contributed by atoms with Gasteiger partial charge >= 0.3 is 0 Å². The molecule has 5 heterocycles. The van der Waals surface area contributed by atoms with E-state index in [9.17, 15) is 15.2 Å². The molecule has 1 N–H and O–H groups in total. The van der Waals surface area contributed by atoms with Crippen LogP contribution in [0.5, 0.6) is 0 Å². The molecule has 1 atom stereocenters. The summed E-state index contributed by atoms with van der Waals surface area (Å²) in [6, 6.07) is 14.8. The number of benzene rings is 1. The van der Waals surface area contributed by atoms with Crippen molar-refractivity contribution < 1.29 is 9.90 Å². The lowest BCUT2D eigenvalue weighted by atomic mass is 9.91. The average Bonchev–Trinajstić information content (AvgIpc) is 3.35. The fourth-order valence-electron chi connectivity index (χ4n) is 6.44. The zero-order chi connectivity index (χ0) is 28.6. The smallest absolute Gasteiger partial charge is 0.226 e. The molecule has 41 heavy (non-hydrogen) atoms. The van der Waals surface area contributed by atoms with Crippen LogP contribution in [0.4, 0.5) is 16.5 Å². The monoisotopic (exact) mass is 567 g/mol. The largest absolute Gasteiger partial charge is 0.389 e. The highest BCUT2D eigenvalue weighted by Gasteiger charge is 2.65. The molecular weight excluding hydrogens is 534 g/mol. The predicted molar refractivity (Wildman–Crippen MR) is 160 cm³/mol. The van der Waals surface area contributed by atoms with Gasteiger partial charge in [0, 0.05) is 61.5 Å². The summed E-state index contributed by atoms with van der Waals surface area (Å²) in [6.45, 7) is 8.92. The lowest BCUT2D eigenvalue weighted by Gasteiger charge is -2.44. The number of likely N-dealkylation sites (tertiary alicyclic amines) is 1. The Bertz CT molecular complexity index is 1720. The van der Waals surface area contributed by atoms with E-state index in [1.165, 1.54) is 11.3 Å². The highest BCUT2D eigenvalue weighted by molar-refractivity contribution is 7.16. The number of aliphatic hydroxyl groups excluding tert-OH is 1. The Labute approximate surface area is 243 Å². The second-order valence-electron chi connectivity index (χ2n) is 11.9. The van der Waals surface area contributed by atoms with Gasteiger partial charge in [-0.05, 0) is 38.8 Å². The van der Waals surface area contributed by atoms with Gasteiger partial charge in [0.05, 0.1) is 23.0 Å². The number of rotatable bonds is 6. The minimum absolute atomic E-state index is 0.0765. The molecule has 1 amide bonds. The summed E-state index contributed by atoms with van der Waals surface area (Å²) in [7, 11) is 2.00. The van der Waals surface area contributed by atoms with Crippen LogP contribution >= 0.6 is 11.3 Å². The standard InChI is InChI=1S/C31H33N7O2S/c1-5-24-28(35(4)30-33-27(26(13-32)41-30)20-8-6-18(2)7-9-20)25-11-21(10-19(3)38(25)34-24)37-16-31(17-37)12-23(31)29(40)36-14-22(39)15-36/h6-11,22-23,39H,5,12,14-17H2,1-4H3. The zero-order valence-corrected chi connectivity index (χ0v) is 24.6. The van der Waals surface area contributed by atoms with Gasteiger partial charge in [0.25, 0.3) is 0 Å². The van der Waals surface area contributed by atoms with Crippen molar-refractivity contribution in [1.82, 2.24) is 19.5 Å². The molecule has 10 heteroatoms. The van der Waals surface area contributed by atoms with Crippen molar-refractivity contribution in [2.45, 2.75) is 39.7 Å². The number of β-amino-alcohol motifs (C(OH)–C–C–N with tert-alkyl or cyclic N) is 1. The van der Waals surface area contributed by atoms with E-state index in [1.54, 1.807) is 4.90 Å². The number of hydrogen-bond donors (Lipinski definition) is 1. The Morgan fingerprint density at radius 3 is 2.61 bits per heavy atom. The number of nitriles is 1. The van der Waals surface area contributed by atoms with E-state index in [-0.39, 0.29) is 23.3 Å². The third-order valence-electron chi connectivity index (χ3n) is 8.98. The summed E-state index contributed by atoms with van der Waals surface area (Å²) in [5.41, 5.74) is 8.04. The molecule has 4 aromatic rings. The summed E-state index contributed by atoms with van der Waals surface area (Å²) >= 11 is 1.40. The Morgan fingerprint density at radius 2 is 1.95 bits per heavy atom. The first kappa shape index (κ1) is 26.0. The van der Waals surface area contributed by atoms with Crippen molar-refractivity contribution in [3.05, 3.63) is 58.2 Å². The number of nitrogens with zero attached hydrogens (tertiary/aromatic N) is 7. The first-order valence-corrected chi connectivity index (χ1v) is 15.0. The first-order chi connectivity index (χ1) is 19.7. The van der Waals surface area contributed by atoms with Crippen molar-refractivity contribution in [3.63, 3.8) is 0 Å². The van der Waals surface area contributed by atoms with Crippen LogP contribution in [0.3, 0.4) is 0 Å². The second-order valence-corrected chi connectivity index (χ2v) is 12.9. The van der Waals surface area contributed by atoms with Crippen molar-refractivity contribution >= 4 is 39.3 Å². The van der Waals surface area contributed by atoms with Gasteiger partial charge in [0.1, 0.15) is 16.6 Å². The summed E-state index contributed by atoms with van der Waals surface area (Å²) in [5, 5.41) is 25.2. The number of fused-ring (bicyclic) bond motifs is 1. The van der Waals surface area contributed by atoms with Crippen LogP contribution in [0.2, 0.25) is 0 Å². The van der Waals surface area contributed by atoms with E-state index in [2.05, 4.69) is 41.8 Å². The lowest BCUT2D eigenvalue weighted by molar-refractivity contribution is -0.143. The number of amides is 1. The van der Waals surface area contributed by atoms with E-state index >= 15 is 0 Å². The van der Waals surface area contributed by atoms with Gasteiger partial charge in [-0.2, -0.15) is 10.4 Å². The van der Waals surface area contributed by atoms with Crippen LogP contribution in [-0.4, -0.2) is 69.8 Å². The molecule has 1 saturated carbocycles. The maximum absolute atomic E-state index is 12.8. The molecule has 0 radical (unpaired) electrons. The summed E-state index contributed by atoms with van der Waals surface area (Å²) in [5.74, 6) is 0.292. The molecule has 1 unspecified atom stereocenters. The molecule has 210 valence electrons. The lowest BCUT2D eigenvalue weighted by Crippen LogP contribution is -2.56. The van der Waals surface area contributed by atoms with Gasteiger partial charge in [0.15, 0.2) is 5.13 Å². The molecule has 0 bridgehead atoms. The highest BCUT2D eigenvalue weighted by atomic mass is 32.1. The quantitative estimate of drug-likeness (QED) is 0.371. The minimum Gasteiger partial charge on any atom is -0.389 e. The molecule has 7 rings (SSSR count). The molecule has 1 aromatic carbocycles. The summed E-state index contributed by atoms with van der Waals surface area (Å²) in [6.07, 6.45) is 1.34. The number of carbonyl (C=O) groups excluding carboxylic acids is 1. The van der Waals surface area contributed by atoms with E-state index in [4.69, 9.17) is 10.1 Å². The van der Waals surface area contributed by atoms with E-state index in [0.717, 1.165) is 70.5 Å². The Kier molecular flexibility index (Phi) is 5.89. The second kappa shape index (κ2) is 9.29. The van der Waals surface area contributed by atoms with E-state index in [1.807, 2.05) is 42.8 Å². The number of pyridine rings is 1. The van der Waals surface area contributed by atoms with Crippen LogP contribution in [0.1, 0.15) is 35.2 Å². The van der Waals surface area contributed by atoms with Crippen LogP contribution in [0, 0.1) is 36.5 Å². The van der Waals surface area contributed by atoms with Crippen molar-refractivity contribution in [1.29, 1.82) is 5.26 Å². The summed E-state index contributed by atoms with van der Waals surface area (Å²) < 4.78 is 2.00. The highest BCUT2D eigenvalue weighted by Crippen LogP contribution is 2.60. The normalized spacial score (nSPS) is 19.3. The fourth-order valence-corrected chi connectivity index (χ4v) is 7.29. The number of aryl methyl sites for hydroxylation is 3. The van der Waals surface area contributed by atoms with Crippen molar-refractivity contribution in [3.8, 4) is 17.3 Å². The molecule has 2 aliphatic heterocycles. The van der Waals surface area contributed by atoms with Crippen LogP contribution < -0.4 is 9.80 Å². The van der Waals surface area contributed by atoms with Crippen LogP contribution in [-0.2, 0) is 11.2 Å². The number of thiazole rings is 1. The predicted octanol–water partition coefficient (Wildman–Crippen LogP) is 4.31. The van der Waals surface area contributed by atoms with Gasteiger partial charge < -0.3 is 19.8 Å². The van der Waals surface area contributed by atoms with Gasteiger partial charge in [0.2, 0.25) is 5.91 Å². The fraction of sp³-hybridized carbons (Fsp3) is 0.419. The molecule has 3 aliphatic rings. The van der Waals surface area contributed by atoms with Crippen molar-refractivity contribution in [2.75, 3.05) is 43.0 Å². The van der Waals surface area contributed by atoms with Gasteiger partial charge in [-0.1, -0.05) is 48.1 Å². The molecule has 2 saturated heterocycles. The molecular formula is C31H33N7O2S. The Balaban J connectivity index is 1.18. The topological polar surface area (TPSA) is 101 Å². The first-order valence-electron chi connectivity index (χ1n) is 14.2. The van der Waals surface area contributed by atoms with Gasteiger partial charge in [-0.15, -0.1) is 0 Å². The summed E-state index contributed by atoms with van der Waals surface area (Å²) in [4.78, 5) is 24.6. The Hall–Kier alpha value is -3.94. The maximum atomic E-state index is 12.8. The zero-order valence-electron chi connectivity index (χ0n) is 23.8. The number of hydrogen-bond acceptors (Lipinski definition) is 8. The number of aromatic nitrogens is 3.